The standard InChI is InChI=1S/C51H39N3Si/c1-55(2,3)39-26-23-37(24-27-39)53-46-18-10-7-15-40(46)43-31-34(21-28-49(43)53)35-22-29-50-44(32-35)41-16-8-12-20-48(41)54(50)38-25-30-51-45(33-38)42-17-9-11-19-47(42)52(51)36-13-5-4-6-14-36/h4-33H,1-3H3. The molecule has 0 aliphatic carbocycles. The molecule has 0 saturated heterocycles. The van der Waals surface area contributed by atoms with Crippen LogP contribution in [0.15, 0.2) is 182 Å². The molecule has 11 rings (SSSR count). The molecule has 11 aromatic rings. The fourth-order valence-corrected chi connectivity index (χ4v) is 10.1. The van der Waals surface area contributed by atoms with Crippen molar-refractivity contribution in [1.29, 1.82) is 0 Å². The SMILES string of the molecule is C[Si](C)(C)c1ccc(-n2c3ccccc3c3cc(-c4ccc5c(c4)c4ccccc4n5-c4ccc5c(c4)c4ccccc4n5-c4ccccc4)ccc32)cc1. The summed E-state index contributed by atoms with van der Waals surface area (Å²) in [6, 6.07) is 67.3. The fourth-order valence-electron chi connectivity index (χ4n) is 8.93. The lowest BCUT2D eigenvalue weighted by Crippen LogP contribution is -2.37. The first-order chi connectivity index (χ1) is 26.9. The van der Waals surface area contributed by atoms with Crippen molar-refractivity contribution in [3.8, 4) is 28.2 Å². The van der Waals surface area contributed by atoms with Crippen LogP contribution in [-0.2, 0) is 0 Å². The highest BCUT2D eigenvalue weighted by atomic mass is 28.3. The molecule has 0 aliphatic heterocycles. The lowest BCUT2D eigenvalue weighted by atomic mass is 10.0. The molecule has 0 spiro atoms. The molecule has 8 aromatic carbocycles. The molecular formula is C51H39N3Si. The molecular weight excluding hydrogens is 683 g/mol. The minimum atomic E-state index is -1.39. The molecule has 3 heterocycles. The van der Waals surface area contributed by atoms with Crippen LogP contribution in [0.2, 0.25) is 19.6 Å². The van der Waals surface area contributed by atoms with E-state index in [1.54, 1.807) is 0 Å². The minimum Gasteiger partial charge on any atom is -0.309 e. The van der Waals surface area contributed by atoms with Crippen molar-refractivity contribution in [2.24, 2.45) is 0 Å². The number of nitrogens with zero attached hydrogens (tertiary/aromatic N) is 3. The van der Waals surface area contributed by atoms with E-state index in [2.05, 4.69) is 215 Å². The third-order valence-corrected chi connectivity index (χ3v) is 13.7. The van der Waals surface area contributed by atoms with E-state index < -0.39 is 8.07 Å². The molecule has 55 heavy (non-hydrogen) atoms. The summed E-state index contributed by atoms with van der Waals surface area (Å²) < 4.78 is 7.24. The Balaban J connectivity index is 1.07. The topological polar surface area (TPSA) is 14.8 Å². The number of aromatic nitrogens is 3. The molecule has 262 valence electrons. The molecule has 3 nitrogen and oxygen atoms in total. The third kappa shape index (κ3) is 4.88. The van der Waals surface area contributed by atoms with Crippen molar-refractivity contribution < 1.29 is 0 Å². The van der Waals surface area contributed by atoms with Gasteiger partial charge in [0.05, 0.1) is 41.2 Å². The number of rotatable bonds is 5. The summed E-state index contributed by atoms with van der Waals surface area (Å²) in [6.07, 6.45) is 0. The zero-order valence-corrected chi connectivity index (χ0v) is 32.2. The van der Waals surface area contributed by atoms with Crippen LogP contribution >= 0.6 is 0 Å². The van der Waals surface area contributed by atoms with Gasteiger partial charge in [-0.3, -0.25) is 0 Å². The van der Waals surface area contributed by atoms with Crippen LogP contribution < -0.4 is 5.19 Å². The molecule has 0 unspecified atom stereocenters. The number of para-hydroxylation sites is 4. The summed E-state index contributed by atoms with van der Waals surface area (Å²) in [5, 5.41) is 9.04. The first kappa shape index (κ1) is 31.9. The molecule has 0 N–H and O–H groups in total. The Morgan fingerprint density at radius 1 is 0.291 bits per heavy atom. The van der Waals surface area contributed by atoms with Gasteiger partial charge in [-0.1, -0.05) is 122 Å². The highest BCUT2D eigenvalue weighted by Gasteiger charge is 2.19. The maximum absolute atomic E-state index is 2.44. The highest BCUT2D eigenvalue weighted by Crippen LogP contribution is 2.40. The zero-order valence-electron chi connectivity index (χ0n) is 31.2. The summed E-state index contributed by atoms with van der Waals surface area (Å²) in [4.78, 5) is 0. The van der Waals surface area contributed by atoms with Crippen molar-refractivity contribution in [3.05, 3.63) is 182 Å². The van der Waals surface area contributed by atoms with Crippen LogP contribution in [0, 0.1) is 0 Å². The van der Waals surface area contributed by atoms with E-state index in [0.717, 1.165) is 5.69 Å². The van der Waals surface area contributed by atoms with Gasteiger partial charge in [0.2, 0.25) is 0 Å². The van der Waals surface area contributed by atoms with E-state index in [0.29, 0.717) is 0 Å². The molecule has 0 amide bonds. The summed E-state index contributed by atoms with van der Waals surface area (Å²) in [6.45, 7) is 7.22. The Morgan fingerprint density at radius 2 is 0.655 bits per heavy atom. The van der Waals surface area contributed by atoms with Crippen LogP contribution in [0.5, 0.6) is 0 Å². The van der Waals surface area contributed by atoms with Crippen LogP contribution in [0.4, 0.5) is 0 Å². The average molecular weight is 722 g/mol. The van der Waals surface area contributed by atoms with Gasteiger partial charge in [0.25, 0.3) is 0 Å². The van der Waals surface area contributed by atoms with E-state index in [1.165, 1.54) is 93.1 Å². The zero-order chi connectivity index (χ0) is 36.8. The number of benzene rings is 8. The van der Waals surface area contributed by atoms with E-state index in [1.807, 2.05) is 0 Å². The van der Waals surface area contributed by atoms with Crippen LogP contribution in [0.25, 0.3) is 93.6 Å². The molecule has 0 bridgehead atoms. The lowest BCUT2D eigenvalue weighted by Gasteiger charge is -2.17. The van der Waals surface area contributed by atoms with Gasteiger partial charge >= 0.3 is 0 Å². The second-order valence-corrected chi connectivity index (χ2v) is 20.9. The van der Waals surface area contributed by atoms with Crippen molar-refractivity contribution in [2.75, 3.05) is 0 Å². The van der Waals surface area contributed by atoms with Crippen LogP contribution in [-0.4, -0.2) is 21.8 Å². The second kappa shape index (κ2) is 11.9. The Bertz CT molecular complexity index is 3280. The van der Waals surface area contributed by atoms with E-state index in [9.17, 15) is 0 Å². The maximum Gasteiger partial charge on any atom is 0.0775 e. The van der Waals surface area contributed by atoms with Crippen LogP contribution in [0.3, 0.4) is 0 Å². The molecule has 0 aliphatic rings. The molecule has 0 radical (unpaired) electrons. The fraction of sp³-hybridized carbons (Fsp3) is 0.0588. The average Bonchev–Trinajstić information content (AvgIpc) is 3.86. The summed E-state index contributed by atoms with van der Waals surface area (Å²) in [5.41, 5.74) is 13.3. The van der Waals surface area contributed by atoms with Crippen molar-refractivity contribution >= 4 is 78.7 Å². The Hall–Kier alpha value is -6.62. The quantitative estimate of drug-likeness (QED) is 0.157. The summed E-state index contributed by atoms with van der Waals surface area (Å²) in [7, 11) is -1.39. The van der Waals surface area contributed by atoms with E-state index >= 15 is 0 Å². The molecule has 4 heteroatoms. The summed E-state index contributed by atoms with van der Waals surface area (Å²) in [5.74, 6) is 0. The van der Waals surface area contributed by atoms with Crippen molar-refractivity contribution in [2.45, 2.75) is 19.6 Å². The predicted octanol–water partition coefficient (Wildman–Crippen LogP) is 13.2. The van der Waals surface area contributed by atoms with E-state index in [4.69, 9.17) is 0 Å². The smallest absolute Gasteiger partial charge is 0.0775 e. The Kier molecular flexibility index (Phi) is 6.92. The molecule has 0 saturated carbocycles. The normalized spacial score (nSPS) is 12.3. The maximum atomic E-state index is 2.44. The van der Waals surface area contributed by atoms with Gasteiger partial charge in [0, 0.05) is 49.4 Å². The van der Waals surface area contributed by atoms with Gasteiger partial charge in [0.1, 0.15) is 0 Å². The lowest BCUT2D eigenvalue weighted by molar-refractivity contribution is 1.17. The van der Waals surface area contributed by atoms with Gasteiger partial charge in [-0.05, 0) is 96.1 Å². The first-order valence-corrected chi connectivity index (χ1v) is 22.7. The van der Waals surface area contributed by atoms with Gasteiger partial charge in [-0.25, -0.2) is 0 Å². The van der Waals surface area contributed by atoms with Gasteiger partial charge in [-0.15, -0.1) is 0 Å². The Morgan fingerprint density at radius 3 is 1.15 bits per heavy atom. The summed E-state index contributed by atoms with van der Waals surface area (Å²) >= 11 is 0. The highest BCUT2D eigenvalue weighted by molar-refractivity contribution is 6.88. The molecule has 3 aromatic heterocycles. The molecule has 0 fully saturated rings. The molecule has 0 atom stereocenters. The third-order valence-electron chi connectivity index (χ3n) is 11.6. The number of fused-ring (bicyclic) bond motifs is 9. The monoisotopic (exact) mass is 721 g/mol. The predicted molar refractivity (Wildman–Crippen MR) is 238 cm³/mol. The van der Waals surface area contributed by atoms with Gasteiger partial charge < -0.3 is 13.7 Å². The number of hydrogen-bond acceptors (Lipinski definition) is 0. The van der Waals surface area contributed by atoms with Crippen molar-refractivity contribution in [1.82, 2.24) is 13.7 Å². The van der Waals surface area contributed by atoms with Gasteiger partial charge in [0.15, 0.2) is 0 Å². The largest absolute Gasteiger partial charge is 0.309 e. The number of hydrogen-bond donors (Lipinski definition) is 0. The minimum absolute atomic E-state index is 1.16. The first-order valence-electron chi connectivity index (χ1n) is 19.2. The van der Waals surface area contributed by atoms with Crippen molar-refractivity contribution in [3.63, 3.8) is 0 Å². The van der Waals surface area contributed by atoms with Crippen LogP contribution in [0.1, 0.15) is 0 Å². The Labute approximate surface area is 320 Å². The van der Waals surface area contributed by atoms with E-state index in [-0.39, 0.29) is 0 Å². The van der Waals surface area contributed by atoms with Gasteiger partial charge in [-0.2, -0.15) is 0 Å². The second-order valence-electron chi connectivity index (χ2n) is 15.9.